The highest BCUT2D eigenvalue weighted by atomic mass is 32.2. The van der Waals surface area contributed by atoms with E-state index < -0.39 is 10.0 Å². The molecule has 25 heavy (non-hydrogen) atoms. The summed E-state index contributed by atoms with van der Waals surface area (Å²) in [5.41, 5.74) is 1.12. The standard InChI is InChI=1S/C17H23N3O4S/c1-25(23,24)20-9-7-18(8-10-20)17(22)13-19-12-15(11-16(19)21)14-5-3-2-4-6-14/h2-6,15H,7-13H2,1H3/t15-/m1/s1. The van der Waals surface area contributed by atoms with Crippen molar-refractivity contribution < 1.29 is 18.0 Å². The number of nitrogens with zero attached hydrogens (tertiary/aromatic N) is 3. The molecule has 0 spiro atoms. The zero-order chi connectivity index (χ0) is 18.0. The number of likely N-dealkylation sites (tertiary alicyclic amines) is 1. The average molecular weight is 365 g/mol. The molecule has 2 amide bonds. The maximum Gasteiger partial charge on any atom is 0.242 e. The van der Waals surface area contributed by atoms with Crippen LogP contribution in [0.3, 0.4) is 0 Å². The summed E-state index contributed by atoms with van der Waals surface area (Å²) in [7, 11) is -3.21. The third kappa shape index (κ3) is 4.19. The molecule has 0 aromatic heterocycles. The van der Waals surface area contributed by atoms with Gasteiger partial charge in [-0.25, -0.2) is 8.42 Å². The molecule has 1 aromatic rings. The molecule has 0 unspecified atom stereocenters. The Morgan fingerprint density at radius 2 is 1.76 bits per heavy atom. The lowest BCUT2D eigenvalue weighted by Crippen LogP contribution is -2.52. The first kappa shape index (κ1) is 17.9. The van der Waals surface area contributed by atoms with Gasteiger partial charge in [0.2, 0.25) is 21.8 Å². The van der Waals surface area contributed by atoms with Crippen LogP contribution in [0.25, 0.3) is 0 Å². The zero-order valence-electron chi connectivity index (χ0n) is 14.3. The van der Waals surface area contributed by atoms with Crippen molar-refractivity contribution in [2.75, 3.05) is 45.5 Å². The number of piperazine rings is 1. The van der Waals surface area contributed by atoms with Crippen LogP contribution in [0, 0.1) is 0 Å². The normalized spacial score (nSPS) is 22.4. The third-order valence-corrected chi connectivity index (χ3v) is 6.18. The summed E-state index contributed by atoms with van der Waals surface area (Å²) in [4.78, 5) is 27.9. The van der Waals surface area contributed by atoms with Crippen molar-refractivity contribution in [2.45, 2.75) is 12.3 Å². The number of sulfonamides is 1. The van der Waals surface area contributed by atoms with Crippen LogP contribution in [-0.4, -0.2) is 79.9 Å². The van der Waals surface area contributed by atoms with Crippen molar-refractivity contribution in [1.82, 2.24) is 14.1 Å². The van der Waals surface area contributed by atoms with E-state index in [4.69, 9.17) is 0 Å². The number of hydrogen-bond acceptors (Lipinski definition) is 4. The SMILES string of the molecule is CS(=O)(=O)N1CCN(C(=O)CN2C[C@H](c3ccccc3)CC2=O)CC1. The quantitative estimate of drug-likeness (QED) is 0.759. The van der Waals surface area contributed by atoms with Crippen molar-refractivity contribution in [1.29, 1.82) is 0 Å². The van der Waals surface area contributed by atoms with Crippen LogP contribution in [0.15, 0.2) is 30.3 Å². The van der Waals surface area contributed by atoms with Crippen molar-refractivity contribution in [3.05, 3.63) is 35.9 Å². The molecule has 0 radical (unpaired) electrons. The van der Waals surface area contributed by atoms with Crippen molar-refractivity contribution >= 4 is 21.8 Å². The summed E-state index contributed by atoms with van der Waals surface area (Å²) < 4.78 is 24.4. The highest BCUT2D eigenvalue weighted by molar-refractivity contribution is 7.88. The minimum Gasteiger partial charge on any atom is -0.339 e. The molecule has 0 aliphatic carbocycles. The molecular formula is C17H23N3O4S. The molecule has 136 valence electrons. The van der Waals surface area contributed by atoms with E-state index in [1.165, 1.54) is 10.6 Å². The van der Waals surface area contributed by atoms with Crippen LogP contribution >= 0.6 is 0 Å². The molecule has 3 rings (SSSR count). The van der Waals surface area contributed by atoms with Gasteiger partial charge in [0.15, 0.2) is 0 Å². The van der Waals surface area contributed by atoms with E-state index in [0.29, 0.717) is 39.1 Å². The van der Waals surface area contributed by atoms with E-state index in [1.54, 1.807) is 9.80 Å². The van der Waals surface area contributed by atoms with E-state index >= 15 is 0 Å². The van der Waals surface area contributed by atoms with E-state index in [2.05, 4.69) is 0 Å². The van der Waals surface area contributed by atoms with E-state index in [1.807, 2.05) is 30.3 Å². The Kier molecular flexibility index (Phi) is 5.10. The van der Waals surface area contributed by atoms with Gasteiger partial charge in [0.05, 0.1) is 12.8 Å². The number of amides is 2. The smallest absolute Gasteiger partial charge is 0.242 e. The number of rotatable bonds is 4. The van der Waals surface area contributed by atoms with Gasteiger partial charge in [0.1, 0.15) is 0 Å². The van der Waals surface area contributed by atoms with Crippen LogP contribution in [0.5, 0.6) is 0 Å². The lowest BCUT2D eigenvalue weighted by atomic mass is 9.99. The Balaban J connectivity index is 1.54. The van der Waals surface area contributed by atoms with Crippen LogP contribution in [0.4, 0.5) is 0 Å². The summed E-state index contributed by atoms with van der Waals surface area (Å²) in [6.07, 6.45) is 1.61. The second kappa shape index (κ2) is 7.13. The van der Waals surface area contributed by atoms with Crippen LogP contribution < -0.4 is 0 Å². The fourth-order valence-electron chi connectivity index (χ4n) is 3.41. The number of hydrogen-bond donors (Lipinski definition) is 0. The van der Waals surface area contributed by atoms with Gasteiger partial charge in [-0.15, -0.1) is 0 Å². The van der Waals surface area contributed by atoms with E-state index in [9.17, 15) is 18.0 Å². The first-order chi connectivity index (χ1) is 11.8. The molecule has 0 N–H and O–H groups in total. The monoisotopic (exact) mass is 365 g/mol. The molecule has 0 saturated carbocycles. The topological polar surface area (TPSA) is 78.0 Å². The molecule has 1 atom stereocenters. The molecule has 8 heteroatoms. The van der Waals surface area contributed by atoms with Gasteiger partial charge in [-0.3, -0.25) is 9.59 Å². The number of benzene rings is 1. The van der Waals surface area contributed by atoms with Gasteiger partial charge in [0, 0.05) is 45.1 Å². The van der Waals surface area contributed by atoms with Crippen LogP contribution in [-0.2, 0) is 19.6 Å². The van der Waals surface area contributed by atoms with Crippen molar-refractivity contribution in [3.8, 4) is 0 Å². The number of carbonyl (C=O) groups is 2. The first-order valence-corrected chi connectivity index (χ1v) is 10.2. The highest BCUT2D eigenvalue weighted by Gasteiger charge is 2.33. The fourth-order valence-corrected chi connectivity index (χ4v) is 4.23. The Morgan fingerprint density at radius 3 is 2.36 bits per heavy atom. The molecule has 0 bridgehead atoms. The molecule has 2 saturated heterocycles. The van der Waals surface area contributed by atoms with Crippen LogP contribution in [0.2, 0.25) is 0 Å². The van der Waals surface area contributed by atoms with Gasteiger partial charge < -0.3 is 9.80 Å². The molecule has 2 aliphatic heterocycles. The third-order valence-electron chi connectivity index (χ3n) is 4.87. The first-order valence-electron chi connectivity index (χ1n) is 8.40. The van der Waals surface area contributed by atoms with Gasteiger partial charge in [-0.05, 0) is 5.56 Å². The maximum atomic E-state index is 12.5. The average Bonchev–Trinajstić information content (AvgIpc) is 2.96. The summed E-state index contributed by atoms with van der Waals surface area (Å²) in [6.45, 7) is 1.99. The van der Waals surface area contributed by atoms with Crippen LogP contribution in [0.1, 0.15) is 17.9 Å². The number of carbonyl (C=O) groups excluding carboxylic acids is 2. The van der Waals surface area contributed by atoms with Crippen molar-refractivity contribution in [2.24, 2.45) is 0 Å². The van der Waals surface area contributed by atoms with Gasteiger partial charge in [0.25, 0.3) is 0 Å². The zero-order valence-corrected chi connectivity index (χ0v) is 15.1. The minimum atomic E-state index is -3.21. The Hall–Kier alpha value is -1.93. The largest absolute Gasteiger partial charge is 0.339 e. The molecular weight excluding hydrogens is 342 g/mol. The molecule has 2 aliphatic rings. The summed E-state index contributed by atoms with van der Waals surface area (Å²) in [5, 5.41) is 0. The maximum absolute atomic E-state index is 12.5. The predicted octanol–water partition coefficient (Wildman–Crippen LogP) is 0.106. The fraction of sp³-hybridized carbons (Fsp3) is 0.529. The molecule has 2 fully saturated rings. The second-order valence-electron chi connectivity index (χ2n) is 6.63. The Bertz CT molecular complexity index is 742. The Morgan fingerprint density at radius 1 is 1.12 bits per heavy atom. The summed E-state index contributed by atoms with van der Waals surface area (Å²) in [5.74, 6) is 0.00997. The lowest BCUT2D eigenvalue weighted by Gasteiger charge is -2.34. The second-order valence-corrected chi connectivity index (χ2v) is 8.61. The van der Waals surface area contributed by atoms with Crippen molar-refractivity contribution in [3.63, 3.8) is 0 Å². The van der Waals surface area contributed by atoms with Gasteiger partial charge in [-0.1, -0.05) is 30.3 Å². The Labute approximate surface area is 148 Å². The predicted molar refractivity (Wildman–Crippen MR) is 93.4 cm³/mol. The summed E-state index contributed by atoms with van der Waals surface area (Å²) >= 11 is 0. The van der Waals surface area contributed by atoms with E-state index in [0.717, 1.165) is 5.56 Å². The minimum absolute atomic E-state index is 0.00280. The molecule has 1 aromatic carbocycles. The summed E-state index contributed by atoms with van der Waals surface area (Å²) in [6, 6.07) is 9.86. The van der Waals surface area contributed by atoms with Gasteiger partial charge in [-0.2, -0.15) is 4.31 Å². The highest BCUT2D eigenvalue weighted by Crippen LogP contribution is 2.27. The molecule has 7 nitrogen and oxygen atoms in total. The molecule has 2 heterocycles. The van der Waals surface area contributed by atoms with E-state index in [-0.39, 0.29) is 24.3 Å². The van der Waals surface area contributed by atoms with Gasteiger partial charge >= 0.3 is 0 Å². The lowest BCUT2D eigenvalue weighted by molar-refractivity contribution is -0.139.